The van der Waals surface area contributed by atoms with Crippen LogP contribution >= 0.6 is 0 Å². The molecule has 2 aromatic heterocycles. The van der Waals surface area contributed by atoms with E-state index in [-0.39, 0.29) is 5.91 Å². The van der Waals surface area contributed by atoms with Gasteiger partial charge in [0.25, 0.3) is 0 Å². The quantitative estimate of drug-likeness (QED) is 0.867. The molecule has 23 heavy (non-hydrogen) atoms. The predicted molar refractivity (Wildman–Crippen MR) is 86.9 cm³/mol. The molecule has 0 radical (unpaired) electrons. The van der Waals surface area contributed by atoms with Crippen LogP contribution in [-0.2, 0) is 11.3 Å². The smallest absolute Gasteiger partial charge is 0.224 e. The fourth-order valence-corrected chi connectivity index (χ4v) is 3.10. The van der Waals surface area contributed by atoms with E-state index in [1.165, 1.54) is 0 Å². The van der Waals surface area contributed by atoms with Gasteiger partial charge in [0.2, 0.25) is 5.91 Å². The number of hydrogen-bond acceptors (Lipinski definition) is 4. The van der Waals surface area contributed by atoms with Crippen LogP contribution in [0.1, 0.15) is 42.4 Å². The fourth-order valence-electron chi connectivity index (χ4n) is 3.10. The highest BCUT2D eigenvalue weighted by molar-refractivity contribution is 5.76. The van der Waals surface area contributed by atoms with Crippen LogP contribution in [0.4, 0.5) is 0 Å². The Morgan fingerprint density at radius 1 is 1.35 bits per heavy atom. The van der Waals surface area contributed by atoms with Crippen molar-refractivity contribution in [1.82, 2.24) is 24.6 Å². The van der Waals surface area contributed by atoms with E-state index in [0.717, 1.165) is 43.1 Å². The number of likely N-dealkylation sites (tertiary alicyclic amines) is 1. The number of rotatable bonds is 4. The third kappa shape index (κ3) is 3.94. The summed E-state index contributed by atoms with van der Waals surface area (Å²) in [6.07, 6.45) is 6.33. The Bertz CT molecular complexity index is 681. The van der Waals surface area contributed by atoms with E-state index in [2.05, 4.69) is 15.1 Å². The lowest BCUT2D eigenvalue weighted by Crippen LogP contribution is -2.39. The Kier molecular flexibility index (Phi) is 4.69. The van der Waals surface area contributed by atoms with Gasteiger partial charge in [-0.05, 0) is 38.8 Å². The standard InChI is InChI=1S/C17H23N5O/c1-13-6-10-22(20-13)11-7-17(23)21-9-3-4-15(12-21)16-5-8-18-14(2)19-16/h5-6,8,10,15H,3-4,7,9,11-12H2,1-2H3. The third-order valence-electron chi connectivity index (χ3n) is 4.32. The van der Waals surface area contributed by atoms with Crippen molar-refractivity contribution < 1.29 is 4.79 Å². The van der Waals surface area contributed by atoms with Gasteiger partial charge in [-0.2, -0.15) is 5.10 Å². The van der Waals surface area contributed by atoms with E-state index in [1.54, 1.807) is 6.20 Å². The Balaban J connectivity index is 1.58. The van der Waals surface area contributed by atoms with Gasteiger partial charge in [-0.15, -0.1) is 0 Å². The first-order valence-corrected chi connectivity index (χ1v) is 8.19. The summed E-state index contributed by atoms with van der Waals surface area (Å²) in [5, 5.41) is 4.33. The summed E-state index contributed by atoms with van der Waals surface area (Å²) in [7, 11) is 0. The van der Waals surface area contributed by atoms with Crippen LogP contribution in [0.3, 0.4) is 0 Å². The van der Waals surface area contributed by atoms with E-state index in [0.29, 0.717) is 18.9 Å². The monoisotopic (exact) mass is 313 g/mol. The second kappa shape index (κ2) is 6.89. The van der Waals surface area contributed by atoms with Crippen molar-refractivity contribution in [3.05, 3.63) is 41.7 Å². The highest BCUT2D eigenvalue weighted by Gasteiger charge is 2.25. The molecule has 2 aromatic rings. The first-order valence-electron chi connectivity index (χ1n) is 8.19. The van der Waals surface area contributed by atoms with Gasteiger partial charge >= 0.3 is 0 Å². The van der Waals surface area contributed by atoms with Crippen LogP contribution in [-0.4, -0.2) is 43.6 Å². The topological polar surface area (TPSA) is 63.9 Å². The molecule has 3 rings (SSSR count). The molecule has 0 bridgehead atoms. The van der Waals surface area contributed by atoms with Crippen LogP contribution in [0.25, 0.3) is 0 Å². The second-order valence-electron chi connectivity index (χ2n) is 6.18. The summed E-state index contributed by atoms with van der Waals surface area (Å²) in [5.41, 5.74) is 2.03. The second-order valence-corrected chi connectivity index (χ2v) is 6.18. The maximum atomic E-state index is 12.5. The van der Waals surface area contributed by atoms with Crippen LogP contribution in [0.2, 0.25) is 0 Å². The number of piperidine rings is 1. The Labute approximate surface area is 136 Å². The molecule has 1 atom stereocenters. The molecule has 122 valence electrons. The molecule has 0 aliphatic carbocycles. The summed E-state index contributed by atoms with van der Waals surface area (Å²) in [6, 6.07) is 3.93. The fraction of sp³-hybridized carbons (Fsp3) is 0.529. The molecular formula is C17H23N5O. The molecule has 1 aliphatic rings. The molecule has 3 heterocycles. The number of carbonyl (C=O) groups is 1. The van der Waals surface area contributed by atoms with Crippen molar-refractivity contribution in [3.8, 4) is 0 Å². The van der Waals surface area contributed by atoms with Crippen LogP contribution < -0.4 is 0 Å². The zero-order valence-electron chi connectivity index (χ0n) is 13.8. The Morgan fingerprint density at radius 3 is 2.96 bits per heavy atom. The maximum Gasteiger partial charge on any atom is 0.224 e. The largest absolute Gasteiger partial charge is 0.342 e. The van der Waals surface area contributed by atoms with Crippen molar-refractivity contribution >= 4 is 5.91 Å². The van der Waals surface area contributed by atoms with E-state index in [4.69, 9.17) is 0 Å². The van der Waals surface area contributed by atoms with Gasteiger partial charge in [-0.1, -0.05) is 0 Å². The minimum absolute atomic E-state index is 0.202. The van der Waals surface area contributed by atoms with Gasteiger partial charge < -0.3 is 4.90 Å². The zero-order chi connectivity index (χ0) is 16.2. The molecule has 1 unspecified atom stereocenters. The molecule has 0 spiro atoms. The number of hydrogen-bond donors (Lipinski definition) is 0. The predicted octanol–water partition coefficient (Wildman–Crippen LogP) is 2.09. The average molecular weight is 313 g/mol. The van der Waals surface area contributed by atoms with Gasteiger partial charge in [-0.3, -0.25) is 9.48 Å². The molecular weight excluding hydrogens is 290 g/mol. The lowest BCUT2D eigenvalue weighted by Gasteiger charge is -2.32. The summed E-state index contributed by atoms with van der Waals surface area (Å²) in [6.45, 7) is 6.10. The van der Waals surface area contributed by atoms with E-state index < -0.39 is 0 Å². The number of carbonyl (C=O) groups excluding carboxylic acids is 1. The normalized spacial score (nSPS) is 18.2. The highest BCUT2D eigenvalue weighted by atomic mass is 16.2. The Hall–Kier alpha value is -2.24. The zero-order valence-corrected chi connectivity index (χ0v) is 13.8. The first-order chi connectivity index (χ1) is 11.1. The lowest BCUT2D eigenvalue weighted by molar-refractivity contribution is -0.132. The van der Waals surface area contributed by atoms with Gasteiger partial charge in [0.1, 0.15) is 5.82 Å². The van der Waals surface area contributed by atoms with Crippen LogP contribution in [0.15, 0.2) is 24.5 Å². The third-order valence-corrected chi connectivity index (χ3v) is 4.32. The summed E-state index contributed by atoms with van der Waals surface area (Å²) < 4.78 is 1.84. The summed E-state index contributed by atoms with van der Waals surface area (Å²) >= 11 is 0. The molecule has 1 amide bonds. The molecule has 1 saturated heterocycles. The number of amides is 1. The molecule has 1 fully saturated rings. The van der Waals surface area contributed by atoms with Crippen molar-refractivity contribution in [2.75, 3.05) is 13.1 Å². The molecule has 0 saturated carbocycles. The minimum atomic E-state index is 0.202. The van der Waals surface area contributed by atoms with Gasteiger partial charge in [-0.25, -0.2) is 9.97 Å². The van der Waals surface area contributed by atoms with Crippen molar-refractivity contribution in [2.24, 2.45) is 0 Å². The van der Waals surface area contributed by atoms with E-state index >= 15 is 0 Å². The minimum Gasteiger partial charge on any atom is -0.342 e. The van der Waals surface area contributed by atoms with E-state index in [9.17, 15) is 4.79 Å². The van der Waals surface area contributed by atoms with Gasteiger partial charge in [0, 0.05) is 50.1 Å². The summed E-state index contributed by atoms with van der Waals surface area (Å²) in [5.74, 6) is 1.31. The number of aromatic nitrogens is 4. The highest BCUT2D eigenvalue weighted by Crippen LogP contribution is 2.25. The lowest BCUT2D eigenvalue weighted by atomic mass is 9.94. The molecule has 0 aromatic carbocycles. The SMILES string of the molecule is Cc1ccn(CCC(=O)N2CCCC(c3ccnc(C)n3)C2)n1. The van der Waals surface area contributed by atoms with Crippen molar-refractivity contribution in [3.63, 3.8) is 0 Å². The number of aryl methyl sites for hydroxylation is 3. The molecule has 6 nitrogen and oxygen atoms in total. The Morgan fingerprint density at radius 2 is 2.22 bits per heavy atom. The summed E-state index contributed by atoms with van der Waals surface area (Å²) in [4.78, 5) is 23.1. The van der Waals surface area contributed by atoms with Crippen LogP contribution in [0.5, 0.6) is 0 Å². The average Bonchev–Trinajstić information content (AvgIpc) is 2.98. The maximum absolute atomic E-state index is 12.5. The molecule has 1 aliphatic heterocycles. The van der Waals surface area contributed by atoms with Crippen LogP contribution in [0, 0.1) is 13.8 Å². The van der Waals surface area contributed by atoms with Crippen molar-refractivity contribution in [2.45, 2.75) is 45.6 Å². The van der Waals surface area contributed by atoms with Gasteiger partial charge in [0.05, 0.1) is 5.69 Å². The molecule has 6 heteroatoms. The van der Waals surface area contributed by atoms with Gasteiger partial charge in [0.15, 0.2) is 0 Å². The van der Waals surface area contributed by atoms with Crippen molar-refractivity contribution in [1.29, 1.82) is 0 Å². The first kappa shape index (κ1) is 15.6. The van der Waals surface area contributed by atoms with E-state index in [1.807, 2.05) is 41.8 Å². The number of nitrogens with zero attached hydrogens (tertiary/aromatic N) is 5. The molecule has 0 N–H and O–H groups in total.